The number of benzene rings is 3. The summed E-state index contributed by atoms with van der Waals surface area (Å²) in [6.07, 6.45) is 0.510. The summed E-state index contributed by atoms with van der Waals surface area (Å²) in [5.74, 6) is 0.715. The van der Waals surface area contributed by atoms with Crippen LogP contribution in [0, 0.1) is 6.92 Å². The van der Waals surface area contributed by atoms with Gasteiger partial charge in [0, 0.05) is 37.0 Å². The van der Waals surface area contributed by atoms with Crippen molar-refractivity contribution in [2.75, 3.05) is 50.0 Å². The monoisotopic (exact) mass is 580 g/mol. The van der Waals surface area contributed by atoms with Gasteiger partial charge in [0.15, 0.2) is 16.6 Å². The molecule has 1 saturated heterocycles. The van der Waals surface area contributed by atoms with Crippen LogP contribution in [0.2, 0.25) is 5.02 Å². The van der Waals surface area contributed by atoms with Crippen LogP contribution in [0.4, 0.5) is 17.1 Å². The molecule has 0 aliphatic carbocycles. The van der Waals surface area contributed by atoms with E-state index in [0.717, 1.165) is 16.8 Å². The van der Waals surface area contributed by atoms with Crippen LogP contribution in [-0.4, -0.2) is 62.7 Å². The van der Waals surface area contributed by atoms with Gasteiger partial charge in [0.1, 0.15) is 6.04 Å². The summed E-state index contributed by atoms with van der Waals surface area (Å²) < 4.78 is 10.8. The molecule has 0 saturated carbocycles. The first-order valence-electron chi connectivity index (χ1n) is 12.8. The molecule has 0 radical (unpaired) electrons. The standard InChI is InChI=1S/C30H33ClN4O4S/c1-19-23(31)7-6-8-24(19)32-28(36)18-25-29(37)35(22-12-10-21(11-13-22)33(2)3)30(40)34(25)16-15-20-9-14-26(38-4)27(17-20)39-5/h6-14,17,25H,15-16,18H2,1-5H3,(H,32,36)/t25-/m0/s1. The van der Waals surface area contributed by atoms with Crippen LogP contribution >= 0.6 is 23.8 Å². The molecule has 4 rings (SSSR count). The fourth-order valence-corrected chi connectivity index (χ4v) is 5.22. The number of hydrogen-bond donors (Lipinski definition) is 1. The number of nitrogens with zero attached hydrogens (tertiary/aromatic N) is 3. The van der Waals surface area contributed by atoms with Gasteiger partial charge in [0.25, 0.3) is 5.91 Å². The lowest BCUT2D eigenvalue weighted by Gasteiger charge is -2.24. The smallest absolute Gasteiger partial charge is 0.256 e. The minimum absolute atomic E-state index is 0.0663. The SMILES string of the molecule is COc1ccc(CCN2C(=S)N(c3ccc(N(C)C)cc3)C(=O)[C@@H]2CC(=O)Nc2cccc(Cl)c2C)cc1OC. The van der Waals surface area contributed by atoms with Gasteiger partial charge in [0.2, 0.25) is 5.91 Å². The quantitative estimate of drug-likeness (QED) is 0.326. The van der Waals surface area contributed by atoms with Crippen molar-refractivity contribution in [1.82, 2.24) is 4.90 Å². The molecule has 1 fully saturated rings. The van der Waals surface area contributed by atoms with Crippen molar-refractivity contribution in [2.24, 2.45) is 0 Å². The van der Waals surface area contributed by atoms with Crippen LogP contribution in [0.25, 0.3) is 0 Å². The lowest BCUT2D eigenvalue weighted by Crippen LogP contribution is -2.39. The molecule has 210 valence electrons. The summed E-state index contributed by atoms with van der Waals surface area (Å²) in [6.45, 7) is 2.27. The Hall–Kier alpha value is -3.82. The van der Waals surface area contributed by atoms with Gasteiger partial charge >= 0.3 is 0 Å². The fourth-order valence-electron chi connectivity index (χ4n) is 4.63. The highest BCUT2D eigenvalue weighted by atomic mass is 35.5. The van der Waals surface area contributed by atoms with Crippen LogP contribution in [0.15, 0.2) is 60.7 Å². The Labute approximate surface area is 245 Å². The summed E-state index contributed by atoms with van der Waals surface area (Å²) >= 11 is 12.1. The molecule has 1 aliphatic heterocycles. The number of nitrogens with one attached hydrogen (secondary N) is 1. The van der Waals surface area contributed by atoms with Crippen LogP contribution < -0.4 is 24.6 Å². The average molecular weight is 581 g/mol. The zero-order chi connectivity index (χ0) is 29.0. The van der Waals surface area contributed by atoms with Gasteiger partial charge in [-0.1, -0.05) is 23.7 Å². The molecule has 2 amide bonds. The molecule has 40 heavy (non-hydrogen) atoms. The lowest BCUT2D eigenvalue weighted by molar-refractivity contribution is -0.124. The minimum atomic E-state index is -0.763. The predicted octanol–water partition coefficient (Wildman–Crippen LogP) is 5.31. The van der Waals surface area contributed by atoms with Crippen molar-refractivity contribution >= 4 is 57.8 Å². The molecule has 0 aromatic heterocycles. The molecule has 8 nitrogen and oxygen atoms in total. The predicted molar refractivity (Wildman–Crippen MR) is 164 cm³/mol. The number of hydrogen-bond acceptors (Lipinski definition) is 6. The van der Waals surface area contributed by atoms with Crippen molar-refractivity contribution in [1.29, 1.82) is 0 Å². The number of thiocarbonyl (C=S) groups is 1. The van der Waals surface area contributed by atoms with Crippen LogP contribution in [0.5, 0.6) is 11.5 Å². The first-order valence-corrected chi connectivity index (χ1v) is 13.6. The average Bonchev–Trinajstić information content (AvgIpc) is 3.17. The van der Waals surface area contributed by atoms with Crippen LogP contribution in [0.1, 0.15) is 17.5 Å². The molecule has 3 aromatic carbocycles. The van der Waals surface area contributed by atoms with E-state index in [1.165, 1.54) is 4.90 Å². The molecule has 10 heteroatoms. The van der Waals surface area contributed by atoms with Crippen molar-refractivity contribution in [3.8, 4) is 11.5 Å². The van der Waals surface area contributed by atoms with Crippen LogP contribution in [-0.2, 0) is 16.0 Å². The minimum Gasteiger partial charge on any atom is -0.493 e. The number of rotatable bonds is 10. The van der Waals surface area contributed by atoms with E-state index in [0.29, 0.717) is 46.0 Å². The molecule has 3 aromatic rings. The Morgan fingerprint density at radius 1 is 1.05 bits per heavy atom. The first-order chi connectivity index (χ1) is 19.1. The molecule has 0 unspecified atom stereocenters. The molecule has 0 bridgehead atoms. The molecule has 1 aliphatic rings. The molecule has 0 spiro atoms. The number of carbonyl (C=O) groups excluding carboxylic acids is 2. The number of anilines is 3. The highest BCUT2D eigenvalue weighted by Gasteiger charge is 2.44. The van der Waals surface area contributed by atoms with E-state index in [4.69, 9.17) is 33.3 Å². The Morgan fingerprint density at radius 2 is 1.75 bits per heavy atom. The van der Waals surface area contributed by atoms with Crippen molar-refractivity contribution in [2.45, 2.75) is 25.8 Å². The van der Waals surface area contributed by atoms with Gasteiger partial charge < -0.3 is 24.6 Å². The third-order valence-corrected chi connectivity index (χ3v) is 7.78. The van der Waals surface area contributed by atoms with Crippen molar-refractivity contribution in [3.05, 3.63) is 76.8 Å². The summed E-state index contributed by atoms with van der Waals surface area (Å²) in [5.41, 5.74) is 4.02. The third kappa shape index (κ3) is 6.16. The van der Waals surface area contributed by atoms with Crippen molar-refractivity contribution < 1.29 is 19.1 Å². The normalized spacial score (nSPS) is 14.9. The zero-order valence-corrected chi connectivity index (χ0v) is 24.8. The second-order valence-corrected chi connectivity index (χ2v) is 10.5. The van der Waals surface area contributed by atoms with Crippen molar-refractivity contribution in [3.63, 3.8) is 0 Å². The maximum atomic E-state index is 13.8. The van der Waals surface area contributed by atoms with Gasteiger partial charge in [-0.15, -0.1) is 0 Å². The largest absolute Gasteiger partial charge is 0.493 e. The molecular formula is C30H33ClN4O4S. The molecule has 1 N–H and O–H groups in total. The fraction of sp³-hybridized carbons (Fsp3) is 0.300. The Kier molecular flexibility index (Phi) is 9.17. The van der Waals surface area contributed by atoms with Gasteiger partial charge in [-0.25, -0.2) is 0 Å². The van der Waals surface area contributed by atoms with E-state index in [9.17, 15) is 9.59 Å². The van der Waals surface area contributed by atoms with E-state index in [1.807, 2.05) is 73.3 Å². The number of halogens is 1. The number of amides is 2. The first kappa shape index (κ1) is 29.2. The maximum absolute atomic E-state index is 13.8. The molecule has 1 heterocycles. The molecule has 1 atom stereocenters. The number of ether oxygens (including phenoxy) is 2. The summed E-state index contributed by atoms with van der Waals surface area (Å²) in [5, 5.41) is 3.83. The van der Waals surface area contributed by atoms with E-state index < -0.39 is 6.04 Å². The summed E-state index contributed by atoms with van der Waals surface area (Å²) in [6, 6.07) is 17.9. The third-order valence-electron chi connectivity index (χ3n) is 6.95. The summed E-state index contributed by atoms with van der Waals surface area (Å²) in [7, 11) is 7.08. The lowest BCUT2D eigenvalue weighted by atomic mass is 10.1. The van der Waals surface area contributed by atoms with E-state index in [-0.39, 0.29) is 18.2 Å². The van der Waals surface area contributed by atoms with Gasteiger partial charge in [-0.05, 0) is 85.2 Å². The Balaban J connectivity index is 1.59. The zero-order valence-electron chi connectivity index (χ0n) is 23.2. The topological polar surface area (TPSA) is 74.4 Å². The van der Waals surface area contributed by atoms with Crippen LogP contribution in [0.3, 0.4) is 0 Å². The van der Waals surface area contributed by atoms with E-state index in [2.05, 4.69) is 5.32 Å². The van der Waals surface area contributed by atoms with Gasteiger partial charge in [-0.2, -0.15) is 0 Å². The van der Waals surface area contributed by atoms with E-state index in [1.54, 1.807) is 32.4 Å². The van der Waals surface area contributed by atoms with E-state index >= 15 is 0 Å². The molecular weight excluding hydrogens is 548 g/mol. The second kappa shape index (κ2) is 12.6. The highest BCUT2D eigenvalue weighted by Crippen LogP contribution is 2.31. The Morgan fingerprint density at radius 3 is 2.40 bits per heavy atom. The number of carbonyl (C=O) groups is 2. The second-order valence-electron chi connectivity index (χ2n) is 9.68. The van der Waals surface area contributed by atoms with Gasteiger partial charge in [-0.3, -0.25) is 14.5 Å². The Bertz CT molecular complexity index is 1410. The van der Waals surface area contributed by atoms with Gasteiger partial charge in [0.05, 0.1) is 26.3 Å². The maximum Gasteiger partial charge on any atom is 0.256 e. The number of methoxy groups -OCH3 is 2. The summed E-state index contributed by atoms with van der Waals surface area (Å²) in [4.78, 5) is 32.3. The highest BCUT2D eigenvalue weighted by molar-refractivity contribution is 7.80.